The van der Waals surface area contributed by atoms with E-state index in [0.717, 1.165) is 11.3 Å². The normalized spacial score (nSPS) is 11.3. The highest BCUT2D eigenvalue weighted by Crippen LogP contribution is 2.19. The fraction of sp³-hybridized carbons (Fsp3) is 0.353. The lowest BCUT2D eigenvalue weighted by atomic mass is 9.92. The molecule has 116 valence electrons. The molecule has 2 aromatic rings. The molecule has 0 atom stereocenters. The highest BCUT2D eigenvalue weighted by molar-refractivity contribution is 6.03. The van der Waals surface area contributed by atoms with Crippen molar-refractivity contribution in [2.24, 2.45) is 0 Å². The third-order valence-electron chi connectivity index (χ3n) is 3.17. The number of anilines is 1. The highest BCUT2D eigenvalue weighted by Gasteiger charge is 2.16. The number of amides is 1. The Morgan fingerprint density at radius 3 is 2.55 bits per heavy atom. The van der Waals surface area contributed by atoms with E-state index in [9.17, 15) is 4.79 Å². The molecule has 0 unspecified atom stereocenters. The van der Waals surface area contributed by atoms with Gasteiger partial charge in [-0.3, -0.25) is 4.79 Å². The number of nitrogens with zero attached hydrogens (tertiary/aromatic N) is 2. The van der Waals surface area contributed by atoms with E-state index in [-0.39, 0.29) is 11.3 Å². The van der Waals surface area contributed by atoms with E-state index in [1.807, 2.05) is 18.2 Å². The standard InChI is InChI=1S/C17H21N3O2/c1-17(2,3)14-8-9-15(20-19-14)18-16(21)13-7-5-6-12(10-13)11-22-4/h5-10H,11H2,1-4H3,(H,18,20,21). The third kappa shape index (κ3) is 4.11. The number of nitrogens with one attached hydrogen (secondary N) is 1. The maximum Gasteiger partial charge on any atom is 0.256 e. The molecule has 0 fully saturated rings. The summed E-state index contributed by atoms with van der Waals surface area (Å²) in [5, 5.41) is 11.0. The van der Waals surface area contributed by atoms with Crippen molar-refractivity contribution in [1.29, 1.82) is 0 Å². The smallest absolute Gasteiger partial charge is 0.256 e. The van der Waals surface area contributed by atoms with E-state index in [2.05, 4.69) is 36.3 Å². The van der Waals surface area contributed by atoms with Gasteiger partial charge in [0.25, 0.3) is 5.91 Å². The molecule has 2 rings (SSSR count). The molecule has 1 N–H and O–H groups in total. The Labute approximate surface area is 130 Å². The molecule has 0 saturated carbocycles. The van der Waals surface area contributed by atoms with E-state index >= 15 is 0 Å². The van der Waals surface area contributed by atoms with Crippen LogP contribution in [0.3, 0.4) is 0 Å². The molecule has 0 bridgehead atoms. The van der Waals surface area contributed by atoms with Crippen LogP contribution in [0.15, 0.2) is 36.4 Å². The zero-order chi connectivity index (χ0) is 16.2. The molecule has 0 aliphatic carbocycles. The van der Waals surface area contributed by atoms with Gasteiger partial charge < -0.3 is 10.1 Å². The molecule has 1 heterocycles. The van der Waals surface area contributed by atoms with Crippen LogP contribution in [0.2, 0.25) is 0 Å². The van der Waals surface area contributed by atoms with E-state index in [1.165, 1.54) is 0 Å². The van der Waals surface area contributed by atoms with Crippen LogP contribution in [0.4, 0.5) is 5.82 Å². The summed E-state index contributed by atoms with van der Waals surface area (Å²) in [7, 11) is 1.62. The highest BCUT2D eigenvalue weighted by atomic mass is 16.5. The van der Waals surface area contributed by atoms with Gasteiger partial charge in [-0.2, -0.15) is 5.10 Å². The molecule has 1 aromatic heterocycles. The summed E-state index contributed by atoms with van der Waals surface area (Å²) < 4.78 is 5.07. The number of ether oxygens (including phenoxy) is 1. The lowest BCUT2D eigenvalue weighted by molar-refractivity contribution is 0.102. The molecule has 1 amide bonds. The van der Waals surface area contributed by atoms with Crippen molar-refractivity contribution in [3.8, 4) is 0 Å². The van der Waals surface area contributed by atoms with Gasteiger partial charge in [-0.1, -0.05) is 32.9 Å². The lowest BCUT2D eigenvalue weighted by Crippen LogP contribution is -2.17. The molecular formula is C17H21N3O2. The van der Waals surface area contributed by atoms with Crippen LogP contribution >= 0.6 is 0 Å². The monoisotopic (exact) mass is 299 g/mol. The average Bonchev–Trinajstić information content (AvgIpc) is 2.47. The fourth-order valence-corrected chi connectivity index (χ4v) is 1.96. The summed E-state index contributed by atoms with van der Waals surface area (Å²) in [6.45, 7) is 6.67. The van der Waals surface area contributed by atoms with E-state index in [0.29, 0.717) is 18.0 Å². The Kier molecular flexibility index (Phi) is 4.88. The van der Waals surface area contributed by atoms with Gasteiger partial charge in [0.05, 0.1) is 12.3 Å². The molecule has 5 heteroatoms. The van der Waals surface area contributed by atoms with Crippen LogP contribution in [0.25, 0.3) is 0 Å². The molecule has 0 spiro atoms. The van der Waals surface area contributed by atoms with Crippen LogP contribution in [0.1, 0.15) is 42.4 Å². The summed E-state index contributed by atoms with van der Waals surface area (Å²) in [6.07, 6.45) is 0. The third-order valence-corrected chi connectivity index (χ3v) is 3.17. The molecule has 1 aromatic carbocycles. The second kappa shape index (κ2) is 6.66. The number of aromatic nitrogens is 2. The Morgan fingerprint density at radius 1 is 1.18 bits per heavy atom. The van der Waals surface area contributed by atoms with Crippen molar-refractivity contribution < 1.29 is 9.53 Å². The van der Waals surface area contributed by atoms with Crippen molar-refractivity contribution in [1.82, 2.24) is 10.2 Å². The maximum absolute atomic E-state index is 12.2. The van der Waals surface area contributed by atoms with Crippen LogP contribution < -0.4 is 5.32 Å². The molecular weight excluding hydrogens is 278 g/mol. The van der Waals surface area contributed by atoms with Gasteiger partial charge in [0, 0.05) is 18.1 Å². The van der Waals surface area contributed by atoms with Gasteiger partial charge in [-0.25, -0.2) is 0 Å². The van der Waals surface area contributed by atoms with Crippen LogP contribution in [-0.2, 0) is 16.8 Å². The first kappa shape index (κ1) is 16.1. The SMILES string of the molecule is COCc1cccc(C(=O)Nc2ccc(C(C)(C)C)nn2)c1. The second-order valence-electron chi connectivity index (χ2n) is 6.14. The first-order valence-electron chi connectivity index (χ1n) is 7.13. The molecule has 0 aliphatic heterocycles. The summed E-state index contributed by atoms with van der Waals surface area (Å²) in [6, 6.07) is 10.9. The lowest BCUT2D eigenvalue weighted by Gasteiger charge is -2.16. The van der Waals surface area contributed by atoms with Gasteiger partial charge in [0.15, 0.2) is 5.82 Å². The molecule has 22 heavy (non-hydrogen) atoms. The van der Waals surface area contributed by atoms with Gasteiger partial charge in [-0.05, 0) is 29.8 Å². The van der Waals surface area contributed by atoms with Crippen LogP contribution in [-0.4, -0.2) is 23.2 Å². The first-order valence-corrected chi connectivity index (χ1v) is 7.13. The van der Waals surface area contributed by atoms with Crippen molar-refractivity contribution in [3.05, 3.63) is 53.2 Å². The van der Waals surface area contributed by atoms with E-state index in [1.54, 1.807) is 25.3 Å². The number of rotatable bonds is 4. The summed E-state index contributed by atoms with van der Waals surface area (Å²) in [5.74, 6) is 0.228. The minimum atomic E-state index is -0.212. The van der Waals surface area contributed by atoms with Crippen LogP contribution in [0, 0.1) is 0 Å². The summed E-state index contributed by atoms with van der Waals surface area (Å²) in [5.41, 5.74) is 2.33. The number of hydrogen-bond donors (Lipinski definition) is 1. The van der Waals surface area contributed by atoms with Gasteiger partial charge in [0.1, 0.15) is 0 Å². The minimum absolute atomic E-state index is 0.0655. The summed E-state index contributed by atoms with van der Waals surface area (Å²) in [4.78, 5) is 12.2. The van der Waals surface area contributed by atoms with Crippen molar-refractivity contribution >= 4 is 11.7 Å². The Bertz CT molecular complexity index is 646. The van der Waals surface area contributed by atoms with E-state index < -0.39 is 0 Å². The number of methoxy groups -OCH3 is 1. The molecule has 0 radical (unpaired) electrons. The van der Waals surface area contributed by atoms with Crippen molar-refractivity contribution in [2.75, 3.05) is 12.4 Å². The van der Waals surface area contributed by atoms with Crippen LogP contribution in [0.5, 0.6) is 0 Å². The number of carbonyl (C=O) groups excluding carboxylic acids is 1. The van der Waals surface area contributed by atoms with Gasteiger partial charge in [-0.15, -0.1) is 5.10 Å². The number of benzene rings is 1. The largest absolute Gasteiger partial charge is 0.380 e. The maximum atomic E-state index is 12.2. The predicted molar refractivity (Wildman–Crippen MR) is 85.8 cm³/mol. The quantitative estimate of drug-likeness (QED) is 0.941. The van der Waals surface area contributed by atoms with E-state index in [4.69, 9.17) is 4.74 Å². The fourth-order valence-electron chi connectivity index (χ4n) is 1.96. The number of carbonyl (C=O) groups is 1. The second-order valence-corrected chi connectivity index (χ2v) is 6.14. The zero-order valence-electron chi connectivity index (χ0n) is 13.4. The summed E-state index contributed by atoms with van der Waals surface area (Å²) >= 11 is 0. The minimum Gasteiger partial charge on any atom is -0.380 e. The van der Waals surface area contributed by atoms with Crippen molar-refractivity contribution in [3.63, 3.8) is 0 Å². The van der Waals surface area contributed by atoms with Crippen molar-refractivity contribution in [2.45, 2.75) is 32.8 Å². The Hall–Kier alpha value is -2.27. The van der Waals surface area contributed by atoms with Gasteiger partial charge in [0.2, 0.25) is 0 Å². The Balaban J connectivity index is 2.10. The van der Waals surface area contributed by atoms with Gasteiger partial charge >= 0.3 is 0 Å². The molecule has 0 saturated heterocycles. The topological polar surface area (TPSA) is 64.1 Å². The number of hydrogen-bond acceptors (Lipinski definition) is 4. The zero-order valence-corrected chi connectivity index (χ0v) is 13.4. The molecule has 5 nitrogen and oxygen atoms in total. The average molecular weight is 299 g/mol. The Morgan fingerprint density at radius 2 is 1.95 bits per heavy atom. The molecule has 0 aliphatic rings. The predicted octanol–water partition coefficient (Wildman–Crippen LogP) is 3.17. The first-order chi connectivity index (χ1) is 10.4.